The Morgan fingerprint density at radius 1 is 1.50 bits per heavy atom. The average molecular weight is 160 g/mol. The highest BCUT2D eigenvalue weighted by Crippen LogP contribution is 2.20. The van der Waals surface area contributed by atoms with E-state index in [2.05, 4.69) is 0 Å². The third kappa shape index (κ3) is 1.21. The van der Waals surface area contributed by atoms with Crippen LogP contribution in [-0.2, 0) is 0 Å². The van der Waals surface area contributed by atoms with Crippen molar-refractivity contribution < 1.29 is 4.39 Å². The lowest BCUT2D eigenvalue weighted by Gasteiger charge is -1.99. The van der Waals surface area contributed by atoms with Crippen molar-refractivity contribution in [2.45, 2.75) is 6.92 Å². The van der Waals surface area contributed by atoms with Crippen molar-refractivity contribution >= 4 is 17.3 Å². The molecular weight excluding hydrogens is 153 g/mol. The molecule has 0 bridgehead atoms. The predicted octanol–water partition coefficient (Wildman–Crippen LogP) is 2.37. The first kappa shape index (κ1) is 7.35. The lowest BCUT2D eigenvalue weighted by Crippen LogP contribution is -1.92. The average Bonchev–Trinajstić information content (AvgIpc) is 1.82. The van der Waals surface area contributed by atoms with E-state index in [-0.39, 0.29) is 11.5 Å². The maximum absolute atomic E-state index is 12.7. The van der Waals surface area contributed by atoms with Gasteiger partial charge in [-0.15, -0.1) is 0 Å². The second-order valence-electron chi connectivity index (χ2n) is 2.13. The van der Waals surface area contributed by atoms with E-state index in [9.17, 15) is 4.39 Å². The van der Waals surface area contributed by atoms with E-state index >= 15 is 0 Å². The Labute approximate surface area is 63.6 Å². The summed E-state index contributed by atoms with van der Waals surface area (Å²) in [5, 5.41) is 0.469. The van der Waals surface area contributed by atoms with Crippen molar-refractivity contribution in [2.24, 2.45) is 0 Å². The Hall–Kier alpha value is -0.760. The number of anilines is 1. The maximum Gasteiger partial charge on any atom is 0.149 e. The topological polar surface area (TPSA) is 26.0 Å². The molecule has 1 aromatic rings. The molecule has 0 aromatic heterocycles. The van der Waals surface area contributed by atoms with E-state index in [1.165, 1.54) is 12.1 Å². The molecule has 0 heterocycles. The minimum atomic E-state index is -0.385. The van der Waals surface area contributed by atoms with Gasteiger partial charge in [-0.2, -0.15) is 0 Å². The second kappa shape index (κ2) is 2.46. The molecule has 0 spiro atoms. The van der Waals surface area contributed by atoms with Gasteiger partial charge < -0.3 is 5.73 Å². The highest BCUT2D eigenvalue weighted by molar-refractivity contribution is 6.30. The summed E-state index contributed by atoms with van der Waals surface area (Å²) in [4.78, 5) is 0. The van der Waals surface area contributed by atoms with Crippen LogP contribution in [0.4, 0.5) is 10.1 Å². The maximum atomic E-state index is 12.7. The van der Waals surface area contributed by atoms with E-state index in [1.807, 2.05) is 0 Å². The van der Waals surface area contributed by atoms with E-state index in [0.29, 0.717) is 10.6 Å². The summed E-state index contributed by atoms with van der Waals surface area (Å²) in [7, 11) is 0. The van der Waals surface area contributed by atoms with Crippen molar-refractivity contribution in [3.63, 3.8) is 0 Å². The molecule has 0 aliphatic heterocycles. The smallest absolute Gasteiger partial charge is 0.149 e. The number of nitrogens with two attached hydrogens (primary N) is 1. The first-order valence-electron chi connectivity index (χ1n) is 2.82. The van der Waals surface area contributed by atoms with Gasteiger partial charge in [-0.3, -0.25) is 0 Å². The molecule has 0 atom stereocenters. The van der Waals surface area contributed by atoms with Gasteiger partial charge in [0, 0.05) is 5.02 Å². The molecule has 10 heavy (non-hydrogen) atoms. The van der Waals surface area contributed by atoms with Crippen LogP contribution in [0.25, 0.3) is 0 Å². The molecule has 0 aliphatic carbocycles. The first-order valence-corrected chi connectivity index (χ1v) is 3.20. The molecule has 0 unspecified atom stereocenters. The minimum absolute atomic E-state index is 0.102. The standard InChI is InChI=1S/C7H7ClFN/c1-4-2-5(8)3-6(10)7(4)9/h2-3H,10H2,1H3. The summed E-state index contributed by atoms with van der Waals surface area (Å²) in [6, 6.07) is 2.93. The molecule has 0 amide bonds. The number of aryl methyl sites for hydroxylation is 1. The van der Waals surface area contributed by atoms with E-state index in [4.69, 9.17) is 17.3 Å². The molecule has 54 valence electrons. The zero-order valence-corrected chi connectivity index (χ0v) is 6.24. The van der Waals surface area contributed by atoms with Gasteiger partial charge in [-0.1, -0.05) is 11.6 Å². The van der Waals surface area contributed by atoms with Crippen LogP contribution >= 0.6 is 11.6 Å². The zero-order valence-electron chi connectivity index (χ0n) is 5.49. The summed E-state index contributed by atoms with van der Waals surface area (Å²) >= 11 is 5.58. The first-order chi connectivity index (χ1) is 4.61. The van der Waals surface area contributed by atoms with Gasteiger partial charge >= 0.3 is 0 Å². The molecule has 1 rings (SSSR count). The zero-order chi connectivity index (χ0) is 7.72. The van der Waals surface area contributed by atoms with Crippen LogP contribution in [0, 0.1) is 12.7 Å². The van der Waals surface area contributed by atoms with Crippen LogP contribution in [0.15, 0.2) is 12.1 Å². The van der Waals surface area contributed by atoms with Crippen molar-refractivity contribution in [2.75, 3.05) is 5.73 Å². The Kier molecular flexibility index (Phi) is 1.81. The third-order valence-electron chi connectivity index (χ3n) is 1.25. The van der Waals surface area contributed by atoms with E-state index in [1.54, 1.807) is 6.92 Å². The fraction of sp³-hybridized carbons (Fsp3) is 0.143. The number of hydrogen-bond acceptors (Lipinski definition) is 1. The third-order valence-corrected chi connectivity index (χ3v) is 1.47. The molecule has 1 aromatic carbocycles. The van der Waals surface area contributed by atoms with Gasteiger partial charge in [0.25, 0.3) is 0 Å². The van der Waals surface area contributed by atoms with Crippen molar-refractivity contribution in [3.8, 4) is 0 Å². The summed E-state index contributed by atoms with van der Waals surface area (Å²) < 4.78 is 12.7. The summed E-state index contributed by atoms with van der Waals surface area (Å²) in [6.45, 7) is 1.62. The van der Waals surface area contributed by atoms with Crippen LogP contribution in [-0.4, -0.2) is 0 Å². The van der Waals surface area contributed by atoms with Gasteiger partial charge in [-0.05, 0) is 24.6 Å². The molecule has 0 saturated heterocycles. The van der Waals surface area contributed by atoms with Crippen LogP contribution in [0.2, 0.25) is 5.02 Å². The Morgan fingerprint density at radius 2 is 2.10 bits per heavy atom. The predicted molar refractivity (Wildman–Crippen MR) is 40.6 cm³/mol. The van der Waals surface area contributed by atoms with Gasteiger partial charge in [-0.25, -0.2) is 4.39 Å². The van der Waals surface area contributed by atoms with E-state index in [0.717, 1.165) is 0 Å². The highest BCUT2D eigenvalue weighted by Gasteiger charge is 2.02. The highest BCUT2D eigenvalue weighted by atomic mass is 35.5. The number of hydrogen-bond donors (Lipinski definition) is 1. The van der Waals surface area contributed by atoms with Gasteiger partial charge in [0.05, 0.1) is 5.69 Å². The Bertz CT molecular complexity index is 237. The quantitative estimate of drug-likeness (QED) is 0.578. The monoisotopic (exact) mass is 159 g/mol. The summed E-state index contributed by atoms with van der Waals surface area (Å²) in [6.07, 6.45) is 0. The molecule has 0 radical (unpaired) electrons. The van der Waals surface area contributed by atoms with Crippen molar-refractivity contribution in [1.82, 2.24) is 0 Å². The summed E-state index contributed by atoms with van der Waals surface area (Å²) in [5.41, 5.74) is 5.84. The number of benzene rings is 1. The van der Waals surface area contributed by atoms with E-state index < -0.39 is 0 Å². The molecular formula is C7H7ClFN. The summed E-state index contributed by atoms with van der Waals surface area (Å²) in [5.74, 6) is -0.385. The second-order valence-corrected chi connectivity index (χ2v) is 2.56. The van der Waals surface area contributed by atoms with Gasteiger partial charge in [0.15, 0.2) is 0 Å². The number of nitrogen functional groups attached to an aromatic ring is 1. The fourth-order valence-corrected chi connectivity index (χ4v) is 1.03. The molecule has 2 N–H and O–H groups in total. The van der Waals surface area contributed by atoms with Crippen LogP contribution in [0.5, 0.6) is 0 Å². The lowest BCUT2D eigenvalue weighted by molar-refractivity contribution is 0.623. The Morgan fingerprint density at radius 3 is 2.60 bits per heavy atom. The van der Waals surface area contributed by atoms with Crippen LogP contribution in [0.3, 0.4) is 0 Å². The van der Waals surface area contributed by atoms with Gasteiger partial charge in [0.1, 0.15) is 5.82 Å². The van der Waals surface area contributed by atoms with Crippen LogP contribution in [0.1, 0.15) is 5.56 Å². The largest absolute Gasteiger partial charge is 0.396 e. The van der Waals surface area contributed by atoms with Crippen LogP contribution < -0.4 is 5.73 Å². The Balaban J connectivity index is 3.31. The SMILES string of the molecule is Cc1cc(Cl)cc(N)c1F. The lowest BCUT2D eigenvalue weighted by atomic mass is 10.2. The molecule has 0 fully saturated rings. The fourth-order valence-electron chi connectivity index (χ4n) is 0.751. The normalized spacial score (nSPS) is 9.90. The minimum Gasteiger partial charge on any atom is -0.396 e. The number of halogens is 2. The van der Waals surface area contributed by atoms with Crippen molar-refractivity contribution in [3.05, 3.63) is 28.5 Å². The molecule has 0 saturated carbocycles. The van der Waals surface area contributed by atoms with Gasteiger partial charge in [0.2, 0.25) is 0 Å². The molecule has 1 nitrogen and oxygen atoms in total. The molecule has 0 aliphatic rings. The van der Waals surface area contributed by atoms with Crippen molar-refractivity contribution in [1.29, 1.82) is 0 Å². The molecule has 3 heteroatoms. The number of rotatable bonds is 0.